The van der Waals surface area contributed by atoms with Crippen molar-refractivity contribution in [2.75, 3.05) is 27.2 Å². The van der Waals surface area contributed by atoms with E-state index in [1.54, 1.807) is 26.2 Å². The molecule has 1 fully saturated rings. The summed E-state index contributed by atoms with van der Waals surface area (Å²) >= 11 is 0. The molecular formula is C21H36IN5O3S. The molecule has 1 amide bonds. The summed E-state index contributed by atoms with van der Waals surface area (Å²) < 4.78 is 22.8. The monoisotopic (exact) mass is 565 g/mol. The molecule has 0 saturated heterocycles. The number of aliphatic imine (C=N–C) groups is 1. The van der Waals surface area contributed by atoms with Crippen molar-refractivity contribution in [3.63, 3.8) is 0 Å². The number of rotatable bonds is 7. The molecule has 0 heterocycles. The van der Waals surface area contributed by atoms with Gasteiger partial charge in [-0.25, -0.2) is 18.5 Å². The number of hydrogen-bond acceptors (Lipinski definition) is 4. The quantitative estimate of drug-likeness (QED) is 0.203. The lowest BCUT2D eigenvalue weighted by Crippen LogP contribution is -2.46. The van der Waals surface area contributed by atoms with Gasteiger partial charge in [-0.05, 0) is 36.0 Å². The van der Waals surface area contributed by atoms with Gasteiger partial charge in [-0.15, -0.1) is 24.0 Å². The molecule has 1 aliphatic carbocycles. The van der Waals surface area contributed by atoms with Gasteiger partial charge in [0.2, 0.25) is 15.9 Å². The van der Waals surface area contributed by atoms with Gasteiger partial charge in [0.1, 0.15) is 0 Å². The minimum atomic E-state index is -3.71. The molecule has 1 aliphatic rings. The fourth-order valence-corrected chi connectivity index (χ4v) is 4.02. The minimum absolute atomic E-state index is 0. The Labute approximate surface area is 203 Å². The van der Waals surface area contributed by atoms with Crippen LogP contribution >= 0.6 is 24.0 Å². The van der Waals surface area contributed by atoms with Crippen LogP contribution < -0.4 is 15.8 Å². The molecule has 1 aromatic rings. The van der Waals surface area contributed by atoms with E-state index in [4.69, 9.17) is 5.14 Å². The van der Waals surface area contributed by atoms with Crippen molar-refractivity contribution >= 4 is 45.9 Å². The number of primary sulfonamides is 1. The Morgan fingerprint density at radius 1 is 1.10 bits per heavy atom. The third-order valence-corrected chi connectivity index (χ3v) is 6.50. The molecule has 4 N–H and O–H groups in total. The Bertz CT molecular complexity index is 833. The van der Waals surface area contributed by atoms with E-state index in [2.05, 4.69) is 22.5 Å². The van der Waals surface area contributed by atoms with E-state index in [1.165, 1.54) is 55.6 Å². The predicted molar refractivity (Wildman–Crippen MR) is 135 cm³/mol. The number of carbonyl (C=O) groups excluding carboxylic acids is 1. The normalized spacial score (nSPS) is 16.6. The molecule has 1 saturated carbocycles. The van der Waals surface area contributed by atoms with Crippen molar-refractivity contribution in [2.24, 2.45) is 15.5 Å². The van der Waals surface area contributed by atoms with Gasteiger partial charge in [0.25, 0.3) is 0 Å². The number of amides is 1. The molecule has 176 valence electrons. The minimum Gasteiger partial charge on any atom is -0.356 e. The van der Waals surface area contributed by atoms with E-state index in [0.29, 0.717) is 12.5 Å². The third-order valence-electron chi connectivity index (χ3n) is 5.57. The van der Waals surface area contributed by atoms with Crippen molar-refractivity contribution in [1.29, 1.82) is 0 Å². The molecule has 2 rings (SSSR count). The van der Waals surface area contributed by atoms with Gasteiger partial charge in [-0.2, -0.15) is 0 Å². The average Bonchev–Trinajstić information content (AvgIpc) is 2.91. The number of nitrogens with one attached hydrogen (secondary N) is 2. The second-order valence-corrected chi connectivity index (χ2v) is 10.1. The Morgan fingerprint density at radius 2 is 1.68 bits per heavy atom. The summed E-state index contributed by atoms with van der Waals surface area (Å²) in [5.41, 5.74) is 1.06. The summed E-state index contributed by atoms with van der Waals surface area (Å²) in [5, 5.41) is 11.7. The standard InChI is InChI=1S/C21H35N5O3S.HI/c1-21(12-6-4-5-7-13-21)16-25-20(24-15-19(27)26(2)3)23-14-17-8-10-18(11-9-17)30(22,28)29;/h8-11H,4-7,12-16H2,1-3H3,(H2,22,28,29)(H2,23,24,25);1H. The summed E-state index contributed by atoms with van der Waals surface area (Å²) in [6.07, 6.45) is 7.43. The number of hydrogen-bond donors (Lipinski definition) is 3. The highest BCUT2D eigenvalue weighted by atomic mass is 127. The predicted octanol–water partition coefficient (Wildman–Crippen LogP) is 2.44. The zero-order chi connectivity index (χ0) is 22.2. The van der Waals surface area contributed by atoms with E-state index in [-0.39, 0.29) is 46.7 Å². The molecule has 0 spiro atoms. The molecular weight excluding hydrogens is 529 g/mol. The van der Waals surface area contributed by atoms with Crippen LogP contribution in [0.2, 0.25) is 0 Å². The van der Waals surface area contributed by atoms with Crippen molar-refractivity contribution in [1.82, 2.24) is 15.5 Å². The number of sulfonamides is 1. The maximum Gasteiger partial charge on any atom is 0.241 e. The van der Waals surface area contributed by atoms with Gasteiger partial charge < -0.3 is 15.5 Å². The number of nitrogens with zero attached hydrogens (tertiary/aromatic N) is 2. The smallest absolute Gasteiger partial charge is 0.241 e. The Morgan fingerprint density at radius 3 is 2.19 bits per heavy atom. The zero-order valence-electron chi connectivity index (χ0n) is 18.7. The SMILES string of the molecule is CN(C)C(=O)CNC(=NCc1ccc(S(N)(=O)=O)cc1)NCC1(C)CCCCCC1.I. The number of likely N-dealkylation sites (N-methyl/N-ethyl adjacent to an activating group) is 1. The molecule has 1 aromatic carbocycles. The summed E-state index contributed by atoms with van der Waals surface area (Å²) in [6, 6.07) is 6.34. The van der Waals surface area contributed by atoms with Crippen LogP contribution in [0.1, 0.15) is 51.0 Å². The summed E-state index contributed by atoms with van der Waals surface area (Å²) in [4.78, 5) is 18.2. The van der Waals surface area contributed by atoms with Gasteiger partial charge in [-0.3, -0.25) is 4.79 Å². The van der Waals surface area contributed by atoms with Crippen LogP contribution in [0.15, 0.2) is 34.2 Å². The van der Waals surface area contributed by atoms with Gasteiger partial charge in [0.15, 0.2) is 5.96 Å². The molecule has 8 nitrogen and oxygen atoms in total. The molecule has 0 aromatic heterocycles. The first-order chi connectivity index (χ1) is 14.1. The van der Waals surface area contributed by atoms with Gasteiger partial charge in [-0.1, -0.05) is 44.7 Å². The van der Waals surface area contributed by atoms with Crippen molar-refractivity contribution < 1.29 is 13.2 Å². The number of benzene rings is 1. The van der Waals surface area contributed by atoms with Crippen LogP contribution in [0.25, 0.3) is 0 Å². The second-order valence-electron chi connectivity index (χ2n) is 8.57. The number of halogens is 1. The lowest BCUT2D eigenvalue weighted by molar-refractivity contribution is -0.127. The van der Waals surface area contributed by atoms with Crippen LogP contribution in [0.5, 0.6) is 0 Å². The fraction of sp³-hybridized carbons (Fsp3) is 0.619. The first-order valence-electron chi connectivity index (χ1n) is 10.4. The first-order valence-corrected chi connectivity index (χ1v) is 12.0. The molecule has 0 unspecified atom stereocenters. The average molecular weight is 566 g/mol. The van der Waals surface area contributed by atoms with Crippen molar-refractivity contribution in [3.8, 4) is 0 Å². The van der Waals surface area contributed by atoms with Crippen molar-refractivity contribution in [2.45, 2.75) is 56.9 Å². The Hall–Kier alpha value is -1.40. The first kappa shape index (κ1) is 27.6. The van der Waals surface area contributed by atoms with Crippen LogP contribution in [0.4, 0.5) is 0 Å². The molecule has 10 heteroatoms. The third kappa shape index (κ3) is 9.73. The van der Waals surface area contributed by atoms with E-state index in [9.17, 15) is 13.2 Å². The Kier molecular flexibility index (Phi) is 11.2. The molecule has 0 atom stereocenters. The van der Waals surface area contributed by atoms with Crippen LogP contribution in [-0.2, 0) is 21.4 Å². The van der Waals surface area contributed by atoms with E-state index >= 15 is 0 Å². The highest BCUT2D eigenvalue weighted by Crippen LogP contribution is 2.33. The summed E-state index contributed by atoms with van der Waals surface area (Å²) in [6.45, 7) is 3.60. The second kappa shape index (κ2) is 12.6. The highest BCUT2D eigenvalue weighted by molar-refractivity contribution is 14.0. The lowest BCUT2D eigenvalue weighted by Gasteiger charge is -2.29. The van der Waals surface area contributed by atoms with Gasteiger partial charge in [0, 0.05) is 20.6 Å². The fourth-order valence-electron chi connectivity index (χ4n) is 3.50. The van der Waals surface area contributed by atoms with Crippen LogP contribution in [0.3, 0.4) is 0 Å². The molecule has 0 bridgehead atoms. The van der Waals surface area contributed by atoms with Gasteiger partial charge in [0.05, 0.1) is 18.0 Å². The van der Waals surface area contributed by atoms with Crippen LogP contribution in [0, 0.1) is 5.41 Å². The zero-order valence-corrected chi connectivity index (χ0v) is 21.8. The van der Waals surface area contributed by atoms with Crippen molar-refractivity contribution in [3.05, 3.63) is 29.8 Å². The largest absolute Gasteiger partial charge is 0.356 e. The molecule has 0 aliphatic heterocycles. The molecule has 31 heavy (non-hydrogen) atoms. The molecule has 0 radical (unpaired) electrons. The van der Waals surface area contributed by atoms with E-state index in [0.717, 1.165) is 12.1 Å². The number of guanidine groups is 1. The highest BCUT2D eigenvalue weighted by Gasteiger charge is 2.25. The maximum absolute atomic E-state index is 12.0. The summed E-state index contributed by atoms with van der Waals surface area (Å²) in [5.74, 6) is 0.536. The van der Waals surface area contributed by atoms with E-state index < -0.39 is 10.0 Å². The maximum atomic E-state index is 12.0. The van der Waals surface area contributed by atoms with Gasteiger partial charge >= 0.3 is 0 Å². The van der Waals surface area contributed by atoms with E-state index in [1.807, 2.05) is 0 Å². The summed E-state index contributed by atoms with van der Waals surface area (Å²) in [7, 11) is -0.278. The lowest BCUT2D eigenvalue weighted by atomic mass is 9.82. The topological polar surface area (TPSA) is 117 Å². The number of nitrogens with two attached hydrogens (primary N) is 1. The van der Waals surface area contributed by atoms with Crippen LogP contribution in [-0.4, -0.2) is 52.4 Å². The number of carbonyl (C=O) groups is 1. The Balaban J connectivity index is 0.00000480.